The number of hydrogen-bond donors (Lipinski definition) is 2. The van der Waals surface area contributed by atoms with Crippen LogP contribution in [0.1, 0.15) is 28.7 Å². The zero-order chi connectivity index (χ0) is 21.5. The van der Waals surface area contributed by atoms with Crippen molar-refractivity contribution in [1.82, 2.24) is 0 Å². The Balaban J connectivity index is 1.67. The molecule has 1 amide bonds. The number of rotatable bonds is 5. The third-order valence-corrected chi connectivity index (χ3v) is 5.79. The summed E-state index contributed by atoms with van der Waals surface area (Å²) < 4.78 is 0. The Morgan fingerprint density at radius 3 is 2.13 bits per heavy atom. The van der Waals surface area contributed by atoms with Crippen LogP contribution in [-0.4, -0.2) is 15.9 Å². The highest BCUT2D eigenvalue weighted by molar-refractivity contribution is 5.98. The number of aryl methyl sites for hydroxylation is 2. The molecule has 0 unspecified atom stereocenters. The van der Waals surface area contributed by atoms with Gasteiger partial charge in [0.25, 0.3) is 5.69 Å². The van der Waals surface area contributed by atoms with E-state index in [0.29, 0.717) is 6.42 Å². The molecule has 0 radical (unpaired) electrons. The van der Waals surface area contributed by atoms with Crippen molar-refractivity contribution in [3.8, 4) is 5.75 Å². The van der Waals surface area contributed by atoms with Crippen molar-refractivity contribution in [2.75, 3.05) is 5.32 Å². The van der Waals surface area contributed by atoms with E-state index in [1.165, 1.54) is 12.1 Å². The number of hydrogen-bond acceptors (Lipinski definition) is 4. The lowest BCUT2D eigenvalue weighted by Gasteiger charge is -2.20. The first-order valence-corrected chi connectivity index (χ1v) is 9.74. The maximum atomic E-state index is 13.1. The van der Waals surface area contributed by atoms with Crippen LogP contribution in [0, 0.1) is 29.9 Å². The topological polar surface area (TPSA) is 92.5 Å². The highest BCUT2D eigenvalue weighted by Crippen LogP contribution is 2.59. The molecule has 30 heavy (non-hydrogen) atoms. The van der Waals surface area contributed by atoms with E-state index in [1.807, 2.05) is 50.2 Å². The van der Waals surface area contributed by atoms with Crippen molar-refractivity contribution >= 4 is 17.3 Å². The normalized spacial score (nSPS) is 16.7. The monoisotopic (exact) mass is 402 g/mol. The molecule has 1 aliphatic carbocycles. The van der Waals surface area contributed by atoms with E-state index in [9.17, 15) is 20.0 Å². The van der Waals surface area contributed by atoms with Crippen LogP contribution in [-0.2, 0) is 10.2 Å². The lowest BCUT2D eigenvalue weighted by atomic mass is 9.84. The molecule has 3 aromatic carbocycles. The van der Waals surface area contributed by atoms with Crippen molar-refractivity contribution < 1.29 is 14.8 Å². The molecule has 1 aliphatic rings. The van der Waals surface area contributed by atoms with Gasteiger partial charge < -0.3 is 10.4 Å². The van der Waals surface area contributed by atoms with Crippen LogP contribution in [0.4, 0.5) is 11.4 Å². The quantitative estimate of drug-likeness (QED) is 0.362. The van der Waals surface area contributed by atoms with Gasteiger partial charge in [0.05, 0.1) is 22.6 Å². The van der Waals surface area contributed by atoms with Crippen molar-refractivity contribution in [3.05, 3.63) is 99.1 Å². The summed E-state index contributed by atoms with van der Waals surface area (Å²) in [5.74, 6) is -0.854. The smallest absolute Gasteiger partial charge is 0.273 e. The fourth-order valence-electron chi connectivity index (χ4n) is 4.19. The van der Waals surface area contributed by atoms with Gasteiger partial charge in [0.1, 0.15) is 5.75 Å². The number of phenols is 1. The Kier molecular flexibility index (Phi) is 4.78. The predicted octanol–water partition coefficient (Wildman–Crippen LogP) is 4.86. The summed E-state index contributed by atoms with van der Waals surface area (Å²) in [6, 6.07) is 20.0. The molecule has 1 fully saturated rings. The summed E-state index contributed by atoms with van der Waals surface area (Å²) in [5.41, 5.74) is 3.92. The van der Waals surface area contributed by atoms with Crippen molar-refractivity contribution in [2.45, 2.75) is 25.7 Å². The molecule has 0 heterocycles. The minimum Gasteiger partial charge on any atom is -0.506 e. The summed E-state index contributed by atoms with van der Waals surface area (Å²) in [6.07, 6.45) is 0.652. The van der Waals surface area contributed by atoms with Crippen molar-refractivity contribution in [2.24, 2.45) is 5.92 Å². The van der Waals surface area contributed by atoms with Gasteiger partial charge in [-0.05, 0) is 37.5 Å². The summed E-state index contributed by atoms with van der Waals surface area (Å²) in [7, 11) is 0. The lowest BCUT2D eigenvalue weighted by molar-refractivity contribution is -0.384. The summed E-state index contributed by atoms with van der Waals surface area (Å²) >= 11 is 0. The molecule has 152 valence electrons. The number of nitrogens with one attached hydrogen (secondary N) is 1. The van der Waals surface area contributed by atoms with Crippen LogP contribution >= 0.6 is 0 Å². The molecule has 2 N–H and O–H groups in total. The molecule has 4 rings (SSSR count). The minimum absolute atomic E-state index is 0.167. The molecule has 6 heteroatoms. The van der Waals surface area contributed by atoms with Crippen molar-refractivity contribution in [3.63, 3.8) is 0 Å². The third kappa shape index (κ3) is 3.41. The van der Waals surface area contributed by atoms with E-state index in [4.69, 9.17) is 0 Å². The summed E-state index contributed by atoms with van der Waals surface area (Å²) in [6.45, 7) is 4.06. The number of anilines is 1. The highest BCUT2D eigenvalue weighted by atomic mass is 16.6. The molecule has 0 bridgehead atoms. The van der Waals surface area contributed by atoms with Gasteiger partial charge in [0.2, 0.25) is 5.91 Å². The minimum atomic E-state index is -0.591. The molecule has 1 atom stereocenters. The number of nitrogens with zero attached hydrogens (tertiary/aromatic N) is 1. The first-order chi connectivity index (χ1) is 14.3. The molecule has 3 aromatic rings. The van der Waals surface area contributed by atoms with E-state index in [2.05, 4.69) is 17.4 Å². The lowest BCUT2D eigenvalue weighted by Crippen LogP contribution is -2.22. The Morgan fingerprint density at radius 1 is 1.03 bits per heavy atom. The first kappa shape index (κ1) is 19.6. The van der Waals surface area contributed by atoms with Gasteiger partial charge in [0.15, 0.2) is 0 Å². The number of carbonyl (C=O) groups excluding carboxylic acids is 1. The van der Waals surface area contributed by atoms with Gasteiger partial charge in [-0.15, -0.1) is 0 Å². The zero-order valence-corrected chi connectivity index (χ0v) is 16.8. The Morgan fingerprint density at radius 2 is 1.63 bits per heavy atom. The molecule has 1 saturated carbocycles. The number of nitro benzene ring substituents is 1. The summed E-state index contributed by atoms with van der Waals surface area (Å²) in [4.78, 5) is 23.4. The zero-order valence-electron chi connectivity index (χ0n) is 16.8. The second-order valence-corrected chi connectivity index (χ2v) is 7.91. The number of benzene rings is 3. The molecule has 0 spiro atoms. The van der Waals surface area contributed by atoms with E-state index in [0.717, 1.165) is 28.3 Å². The van der Waals surface area contributed by atoms with E-state index in [-0.39, 0.29) is 28.9 Å². The van der Waals surface area contributed by atoms with E-state index in [1.54, 1.807) is 0 Å². The number of aromatic hydroxyl groups is 1. The van der Waals surface area contributed by atoms with Crippen LogP contribution in [0.2, 0.25) is 0 Å². The Bertz CT molecular complexity index is 1110. The van der Waals surface area contributed by atoms with Gasteiger partial charge in [-0.2, -0.15) is 0 Å². The standard InChI is InChI=1S/C24H22N2O4/c1-15-5-3-7-17(11-15)24(18-8-4-6-16(2)12-18)14-20(24)23(28)25-21-10-9-19(26(29)30)13-22(21)27/h3-13,20,27H,14H2,1-2H3,(H,25,28)/t20-/m1/s1. The van der Waals surface area contributed by atoms with Gasteiger partial charge in [0, 0.05) is 11.5 Å². The van der Waals surface area contributed by atoms with Crippen LogP contribution in [0.3, 0.4) is 0 Å². The van der Waals surface area contributed by atoms with Crippen LogP contribution < -0.4 is 5.32 Å². The molecule has 0 aliphatic heterocycles. The van der Waals surface area contributed by atoms with Crippen LogP contribution in [0.5, 0.6) is 5.75 Å². The fourth-order valence-corrected chi connectivity index (χ4v) is 4.19. The molecule has 0 aromatic heterocycles. The maximum Gasteiger partial charge on any atom is 0.273 e. The third-order valence-electron chi connectivity index (χ3n) is 5.79. The number of amides is 1. The molecular weight excluding hydrogens is 380 g/mol. The maximum absolute atomic E-state index is 13.1. The molecular formula is C24H22N2O4. The Hall–Kier alpha value is -3.67. The first-order valence-electron chi connectivity index (χ1n) is 9.74. The molecule has 6 nitrogen and oxygen atoms in total. The number of carbonyl (C=O) groups is 1. The van der Waals surface area contributed by atoms with E-state index >= 15 is 0 Å². The van der Waals surface area contributed by atoms with Gasteiger partial charge in [-0.25, -0.2) is 0 Å². The van der Waals surface area contributed by atoms with E-state index < -0.39 is 10.3 Å². The Labute approximate surface area is 174 Å². The second kappa shape index (κ2) is 7.30. The SMILES string of the molecule is Cc1cccc(C2(c3cccc(C)c3)C[C@@H]2C(=O)Nc2ccc([N+](=O)[O-])cc2O)c1. The number of phenolic OH excluding ortho intramolecular Hbond substituents is 1. The average Bonchev–Trinajstić information content (AvgIpc) is 3.46. The number of non-ortho nitro benzene ring substituents is 1. The van der Waals surface area contributed by atoms with Gasteiger partial charge in [-0.3, -0.25) is 14.9 Å². The summed E-state index contributed by atoms with van der Waals surface area (Å²) in [5, 5.41) is 23.7. The van der Waals surface area contributed by atoms with Gasteiger partial charge >= 0.3 is 0 Å². The largest absolute Gasteiger partial charge is 0.506 e. The second-order valence-electron chi connectivity index (χ2n) is 7.91. The highest BCUT2D eigenvalue weighted by Gasteiger charge is 2.60. The van der Waals surface area contributed by atoms with Crippen LogP contribution in [0.25, 0.3) is 0 Å². The predicted molar refractivity (Wildman–Crippen MR) is 115 cm³/mol. The van der Waals surface area contributed by atoms with Crippen molar-refractivity contribution in [1.29, 1.82) is 0 Å². The molecule has 0 saturated heterocycles. The average molecular weight is 402 g/mol. The number of nitro groups is 1. The van der Waals surface area contributed by atoms with Crippen LogP contribution in [0.15, 0.2) is 66.7 Å². The van der Waals surface area contributed by atoms with Gasteiger partial charge in [-0.1, -0.05) is 59.7 Å². The fraction of sp³-hybridized carbons (Fsp3) is 0.208.